The van der Waals surface area contributed by atoms with Crippen molar-refractivity contribution in [1.82, 2.24) is 29.7 Å². The summed E-state index contributed by atoms with van der Waals surface area (Å²) in [4.78, 5) is 40.3. The fraction of sp³-hybridized carbons (Fsp3) is 0.353. The van der Waals surface area contributed by atoms with E-state index in [1.807, 2.05) is 61.9 Å². The van der Waals surface area contributed by atoms with E-state index in [-0.39, 0.29) is 18.4 Å². The number of imidazole rings is 1. The molecule has 6 rings (SSSR count). The van der Waals surface area contributed by atoms with E-state index in [4.69, 9.17) is 21.1 Å². The van der Waals surface area contributed by atoms with Crippen LogP contribution in [0.15, 0.2) is 48.8 Å². The highest BCUT2D eigenvalue weighted by molar-refractivity contribution is 7.11. The molecule has 0 bridgehead atoms. The smallest absolute Gasteiger partial charge is 0.407 e. The lowest BCUT2D eigenvalue weighted by Gasteiger charge is -2.29. The Morgan fingerprint density at radius 2 is 2.00 bits per heavy atom. The Morgan fingerprint density at radius 1 is 1.19 bits per heavy atom. The van der Waals surface area contributed by atoms with Gasteiger partial charge < -0.3 is 24.7 Å². The van der Waals surface area contributed by atoms with Gasteiger partial charge in [0.05, 0.1) is 52.2 Å². The van der Waals surface area contributed by atoms with Crippen molar-refractivity contribution in [3.8, 4) is 28.3 Å². The van der Waals surface area contributed by atoms with Crippen LogP contribution in [-0.2, 0) is 22.5 Å². The van der Waals surface area contributed by atoms with Gasteiger partial charge in [-0.25, -0.2) is 19.2 Å². The number of benzene rings is 2. The highest BCUT2D eigenvalue weighted by Gasteiger charge is 2.33. The van der Waals surface area contributed by atoms with Gasteiger partial charge in [-0.15, -0.1) is 11.3 Å². The summed E-state index contributed by atoms with van der Waals surface area (Å²) in [5.41, 5.74) is 3.03. The summed E-state index contributed by atoms with van der Waals surface area (Å²) in [6.07, 6.45) is 3.72. The van der Waals surface area contributed by atoms with Gasteiger partial charge in [0.15, 0.2) is 0 Å². The molecule has 246 valence electrons. The van der Waals surface area contributed by atoms with E-state index in [1.54, 1.807) is 22.4 Å². The van der Waals surface area contributed by atoms with Crippen LogP contribution in [0.5, 0.6) is 5.75 Å². The SMILES string of the molecule is CCCN(Cc1ncc(-c2cc(F)c3c(c2)OC(c2cnc(CC)s2)n2c-3cc3cc(Cl)ccc32)[nH]1)C(=O)[C@@H](NC(=O)OC)C(C)C. The Hall–Kier alpha value is -4.42. The number of carbonyl (C=O) groups is 2. The van der Waals surface area contributed by atoms with Crippen molar-refractivity contribution in [2.24, 2.45) is 5.92 Å². The molecule has 0 spiro atoms. The molecule has 0 saturated heterocycles. The standard InChI is InChI=1S/C34H36ClFN6O4S/c1-6-10-41(32(43)31(18(3)4)40-34(44)45-5)17-28-37-15-23(39-28)19-12-22(36)30-25-13-20-11-21(35)8-9-24(20)42(25)33(46-26(30)14-19)27-16-38-29(7-2)47-27/h8-9,11-16,18,31,33H,6-7,10,17H2,1-5H3,(H,37,39)(H,40,44)/t31-,33?/m0/s1. The minimum atomic E-state index is -0.762. The molecule has 3 aromatic heterocycles. The lowest BCUT2D eigenvalue weighted by atomic mass is 10.0. The second-order valence-electron chi connectivity index (χ2n) is 11.8. The summed E-state index contributed by atoms with van der Waals surface area (Å²) in [6.45, 7) is 8.38. The first kappa shape index (κ1) is 32.5. The highest BCUT2D eigenvalue weighted by atomic mass is 35.5. The third kappa shape index (κ3) is 6.31. The van der Waals surface area contributed by atoms with E-state index in [0.29, 0.717) is 52.1 Å². The predicted octanol–water partition coefficient (Wildman–Crippen LogP) is 7.57. The Labute approximate surface area is 280 Å². The number of fused-ring (bicyclic) bond motifs is 5. The van der Waals surface area contributed by atoms with E-state index in [9.17, 15) is 9.59 Å². The van der Waals surface area contributed by atoms with Gasteiger partial charge in [-0.1, -0.05) is 39.3 Å². The minimum Gasteiger partial charge on any atom is -0.464 e. The van der Waals surface area contributed by atoms with Crippen LogP contribution < -0.4 is 10.1 Å². The molecule has 5 aromatic rings. The average Bonchev–Trinajstić information content (AvgIpc) is 3.80. The maximum Gasteiger partial charge on any atom is 0.407 e. The van der Waals surface area contributed by atoms with Gasteiger partial charge in [0, 0.05) is 28.7 Å². The molecule has 0 aliphatic carbocycles. The predicted molar refractivity (Wildman–Crippen MR) is 180 cm³/mol. The Bertz CT molecular complexity index is 1950. The molecule has 2 amide bonds. The topological polar surface area (TPSA) is 114 Å². The van der Waals surface area contributed by atoms with Gasteiger partial charge in [0.25, 0.3) is 0 Å². The molecule has 0 fully saturated rings. The van der Waals surface area contributed by atoms with E-state index in [2.05, 4.69) is 27.2 Å². The number of nitrogens with zero attached hydrogens (tertiary/aromatic N) is 4. The number of hydrogen-bond acceptors (Lipinski definition) is 7. The maximum atomic E-state index is 16.2. The van der Waals surface area contributed by atoms with Crippen LogP contribution in [-0.4, -0.2) is 56.1 Å². The van der Waals surface area contributed by atoms with Crippen molar-refractivity contribution in [2.45, 2.75) is 59.4 Å². The highest BCUT2D eigenvalue weighted by Crippen LogP contribution is 2.47. The molecule has 13 heteroatoms. The van der Waals surface area contributed by atoms with Crippen molar-refractivity contribution < 1.29 is 23.5 Å². The first-order chi connectivity index (χ1) is 22.6. The van der Waals surface area contributed by atoms with Gasteiger partial charge in [0.1, 0.15) is 23.4 Å². The normalized spacial score (nSPS) is 14.4. The number of alkyl carbamates (subject to hydrolysis) is 1. The number of methoxy groups -OCH3 is 1. The van der Waals surface area contributed by atoms with Crippen LogP contribution >= 0.6 is 22.9 Å². The molecule has 2 aromatic carbocycles. The number of rotatable bonds is 10. The molecule has 2 N–H and O–H groups in total. The van der Waals surface area contributed by atoms with Gasteiger partial charge >= 0.3 is 6.09 Å². The molecule has 0 saturated carbocycles. The minimum absolute atomic E-state index is 0.162. The number of hydrogen-bond donors (Lipinski definition) is 2. The largest absolute Gasteiger partial charge is 0.464 e. The number of thiazole rings is 1. The van der Waals surface area contributed by atoms with Gasteiger partial charge in [-0.05, 0) is 55.2 Å². The van der Waals surface area contributed by atoms with Gasteiger partial charge in [-0.3, -0.25) is 9.36 Å². The van der Waals surface area contributed by atoms with Crippen LogP contribution in [0.2, 0.25) is 5.02 Å². The number of halogens is 2. The van der Waals surface area contributed by atoms with Crippen LogP contribution in [0, 0.1) is 11.7 Å². The van der Waals surface area contributed by atoms with Gasteiger partial charge in [0.2, 0.25) is 12.1 Å². The number of carbonyl (C=O) groups excluding carboxylic acids is 2. The van der Waals surface area contributed by atoms with E-state index < -0.39 is 24.2 Å². The summed E-state index contributed by atoms with van der Waals surface area (Å²) in [5, 5.41) is 5.10. The fourth-order valence-corrected chi connectivity index (χ4v) is 6.96. The summed E-state index contributed by atoms with van der Waals surface area (Å²) in [7, 11) is 1.26. The number of amides is 2. The van der Waals surface area contributed by atoms with E-state index in [1.165, 1.54) is 13.2 Å². The average molecular weight is 679 g/mol. The number of aromatic nitrogens is 4. The van der Waals surface area contributed by atoms with Crippen molar-refractivity contribution >= 4 is 45.8 Å². The van der Waals surface area contributed by atoms with Crippen molar-refractivity contribution in [2.75, 3.05) is 13.7 Å². The van der Waals surface area contributed by atoms with Crippen LogP contribution in [0.4, 0.5) is 9.18 Å². The Balaban J connectivity index is 1.34. The zero-order chi connectivity index (χ0) is 33.4. The summed E-state index contributed by atoms with van der Waals surface area (Å²) >= 11 is 7.89. The zero-order valence-electron chi connectivity index (χ0n) is 26.8. The second kappa shape index (κ2) is 13.4. The fourth-order valence-electron chi connectivity index (χ4n) is 5.89. The van der Waals surface area contributed by atoms with Crippen molar-refractivity contribution in [3.05, 3.63) is 75.3 Å². The number of aryl methyl sites for hydroxylation is 1. The number of ether oxygens (including phenoxy) is 2. The first-order valence-corrected chi connectivity index (χ1v) is 16.7. The monoisotopic (exact) mass is 678 g/mol. The van der Waals surface area contributed by atoms with E-state index >= 15 is 4.39 Å². The molecular weight excluding hydrogens is 643 g/mol. The van der Waals surface area contributed by atoms with Crippen LogP contribution in [0.3, 0.4) is 0 Å². The Morgan fingerprint density at radius 3 is 2.70 bits per heavy atom. The maximum absolute atomic E-state index is 16.2. The number of H-pyrrole nitrogens is 1. The van der Waals surface area contributed by atoms with Gasteiger partial charge in [-0.2, -0.15) is 0 Å². The van der Waals surface area contributed by atoms with E-state index in [0.717, 1.165) is 27.2 Å². The molecular formula is C34H36ClFN6O4S. The number of aromatic amines is 1. The van der Waals surface area contributed by atoms with Crippen molar-refractivity contribution in [3.63, 3.8) is 0 Å². The summed E-state index contributed by atoms with van der Waals surface area (Å²) < 4.78 is 29.5. The molecule has 47 heavy (non-hydrogen) atoms. The molecule has 1 unspecified atom stereocenters. The molecule has 2 atom stereocenters. The van der Waals surface area contributed by atoms with Crippen LogP contribution in [0.1, 0.15) is 56.1 Å². The Kier molecular flexibility index (Phi) is 9.25. The molecule has 4 heterocycles. The third-order valence-electron chi connectivity index (χ3n) is 8.18. The molecule has 1 aliphatic heterocycles. The second-order valence-corrected chi connectivity index (χ2v) is 13.4. The first-order valence-electron chi connectivity index (χ1n) is 15.5. The molecule has 0 radical (unpaired) electrons. The number of nitrogens with one attached hydrogen (secondary N) is 2. The molecule has 10 nitrogen and oxygen atoms in total. The lowest BCUT2D eigenvalue weighted by molar-refractivity contribution is -0.135. The zero-order valence-corrected chi connectivity index (χ0v) is 28.3. The molecule has 1 aliphatic rings. The lowest BCUT2D eigenvalue weighted by Crippen LogP contribution is -2.51. The van der Waals surface area contributed by atoms with Crippen LogP contribution in [0.25, 0.3) is 33.4 Å². The summed E-state index contributed by atoms with van der Waals surface area (Å²) in [5.74, 6) is 0.0656. The third-order valence-corrected chi connectivity index (χ3v) is 9.59. The van der Waals surface area contributed by atoms with Crippen molar-refractivity contribution in [1.29, 1.82) is 0 Å². The quantitative estimate of drug-likeness (QED) is 0.158. The summed E-state index contributed by atoms with van der Waals surface area (Å²) in [6, 6.07) is 10.0.